The van der Waals surface area contributed by atoms with E-state index in [-0.39, 0.29) is 23.3 Å². The van der Waals surface area contributed by atoms with Crippen LogP contribution in [0.3, 0.4) is 0 Å². The second-order valence-corrected chi connectivity index (χ2v) is 7.34. The van der Waals surface area contributed by atoms with Crippen LogP contribution in [0.15, 0.2) is 42.5 Å². The smallest absolute Gasteiger partial charge is 0.252 e. The number of hydrogen-bond donors (Lipinski definition) is 5. The molecule has 8 nitrogen and oxygen atoms in total. The lowest BCUT2D eigenvalue weighted by Crippen LogP contribution is -2.33. The number of amides is 2. The summed E-state index contributed by atoms with van der Waals surface area (Å²) in [5.74, 6) is -1.04. The molecule has 0 fully saturated rings. The highest BCUT2D eigenvalue weighted by molar-refractivity contribution is 5.95. The van der Waals surface area contributed by atoms with Crippen LogP contribution in [0, 0.1) is 0 Å². The van der Waals surface area contributed by atoms with E-state index in [4.69, 9.17) is 5.73 Å². The van der Waals surface area contributed by atoms with Crippen molar-refractivity contribution in [3.8, 4) is 5.75 Å². The highest BCUT2D eigenvalue weighted by Gasteiger charge is 2.14. The quantitative estimate of drug-likeness (QED) is 0.378. The van der Waals surface area contributed by atoms with Crippen molar-refractivity contribution in [3.63, 3.8) is 0 Å². The molecule has 2 rings (SSSR count). The van der Waals surface area contributed by atoms with Gasteiger partial charge in [-0.2, -0.15) is 0 Å². The molecule has 8 heteroatoms. The van der Waals surface area contributed by atoms with Gasteiger partial charge in [-0.05, 0) is 61.9 Å². The van der Waals surface area contributed by atoms with Crippen LogP contribution in [0.2, 0.25) is 0 Å². The fraction of sp³-hybridized carbons (Fsp3) is 0.364. The Labute approximate surface area is 176 Å². The van der Waals surface area contributed by atoms with Gasteiger partial charge >= 0.3 is 0 Å². The third-order valence-corrected chi connectivity index (χ3v) is 5.00. The number of carbonyl (C=O) groups is 2. The Hall–Kier alpha value is -3.10. The molecule has 0 aliphatic rings. The van der Waals surface area contributed by atoms with Crippen LogP contribution in [0.5, 0.6) is 5.75 Å². The number of benzene rings is 2. The number of hydrogen-bond acceptors (Lipinski definition) is 6. The van der Waals surface area contributed by atoms with Crippen LogP contribution in [0.4, 0.5) is 11.4 Å². The molecule has 0 saturated heterocycles. The van der Waals surface area contributed by atoms with Crippen molar-refractivity contribution < 1.29 is 19.8 Å². The Morgan fingerprint density at radius 3 is 2.43 bits per heavy atom. The third-order valence-electron chi connectivity index (χ3n) is 5.00. The summed E-state index contributed by atoms with van der Waals surface area (Å²) in [5, 5.41) is 25.9. The lowest BCUT2D eigenvalue weighted by molar-refractivity contribution is -0.114. The van der Waals surface area contributed by atoms with Crippen molar-refractivity contribution >= 4 is 23.2 Å². The summed E-state index contributed by atoms with van der Waals surface area (Å²) in [6.07, 6.45) is 0.0248. The fourth-order valence-corrected chi connectivity index (χ4v) is 3.06. The molecule has 0 aliphatic heterocycles. The Morgan fingerprint density at radius 1 is 1.17 bits per heavy atom. The highest BCUT2D eigenvalue weighted by atomic mass is 16.3. The first-order chi connectivity index (χ1) is 14.2. The molecule has 6 N–H and O–H groups in total. The van der Waals surface area contributed by atoms with E-state index in [1.165, 1.54) is 19.1 Å². The molecule has 0 saturated carbocycles. The number of aliphatic hydroxyl groups is 1. The van der Waals surface area contributed by atoms with Crippen molar-refractivity contribution in [2.24, 2.45) is 5.73 Å². The van der Waals surface area contributed by atoms with Gasteiger partial charge in [-0.25, -0.2) is 0 Å². The van der Waals surface area contributed by atoms with Crippen molar-refractivity contribution in [1.29, 1.82) is 0 Å². The molecule has 0 aromatic heterocycles. The lowest BCUT2D eigenvalue weighted by atomic mass is 10.0. The molecule has 162 valence electrons. The van der Waals surface area contributed by atoms with Gasteiger partial charge in [-0.1, -0.05) is 6.07 Å². The normalized spacial score (nSPS) is 12.8. The molecule has 0 aliphatic carbocycles. The summed E-state index contributed by atoms with van der Waals surface area (Å²) in [6, 6.07) is 12.2. The van der Waals surface area contributed by atoms with Crippen LogP contribution in [0.25, 0.3) is 0 Å². The van der Waals surface area contributed by atoms with Crippen LogP contribution in [-0.4, -0.2) is 48.2 Å². The van der Waals surface area contributed by atoms with Gasteiger partial charge in [0.05, 0.1) is 11.7 Å². The van der Waals surface area contributed by atoms with Crippen LogP contribution in [-0.2, 0) is 4.79 Å². The topological polar surface area (TPSA) is 128 Å². The number of phenols is 1. The molecule has 0 bridgehead atoms. The maximum atomic E-state index is 11.3. The second kappa shape index (κ2) is 10.6. The molecule has 2 aromatic carbocycles. The minimum absolute atomic E-state index is 0.00804. The predicted molar refractivity (Wildman–Crippen MR) is 118 cm³/mol. The molecule has 30 heavy (non-hydrogen) atoms. The number of rotatable bonds is 10. The number of nitrogens with zero attached hydrogens (tertiary/aromatic N) is 1. The van der Waals surface area contributed by atoms with Gasteiger partial charge in [0.2, 0.25) is 5.91 Å². The Morgan fingerprint density at radius 2 is 1.83 bits per heavy atom. The monoisotopic (exact) mass is 414 g/mol. The predicted octanol–water partition coefficient (Wildman–Crippen LogP) is 1.99. The zero-order valence-electron chi connectivity index (χ0n) is 17.6. The van der Waals surface area contributed by atoms with Crippen LogP contribution >= 0.6 is 0 Å². The van der Waals surface area contributed by atoms with E-state index in [1.54, 1.807) is 6.07 Å². The average Bonchev–Trinajstić information content (AvgIpc) is 2.70. The number of aromatic hydroxyl groups is 1. The molecular weight excluding hydrogens is 384 g/mol. The molecule has 2 amide bonds. The third kappa shape index (κ3) is 6.47. The number of carbonyl (C=O) groups excluding carboxylic acids is 2. The number of nitrogens with one attached hydrogen (secondary N) is 2. The van der Waals surface area contributed by atoms with Crippen molar-refractivity contribution in [1.82, 2.24) is 5.32 Å². The molecular formula is C22H30N4O4. The van der Waals surface area contributed by atoms with E-state index < -0.39 is 12.0 Å². The van der Waals surface area contributed by atoms with E-state index in [0.29, 0.717) is 18.7 Å². The van der Waals surface area contributed by atoms with Crippen LogP contribution < -0.4 is 21.3 Å². The molecule has 2 unspecified atom stereocenters. The SMILES string of the molecule is CC(=O)Nc1ccc(N(C)C(C)CCNCC(O)c2ccc(O)c(C(N)=O)c2)cc1. The van der Waals surface area contributed by atoms with Gasteiger partial charge in [-0.15, -0.1) is 0 Å². The minimum Gasteiger partial charge on any atom is -0.507 e. The van der Waals surface area contributed by atoms with E-state index in [2.05, 4.69) is 22.5 Å². The standard InChI is InChI=1S/C22H30N4O4/c1-14(26(3)18-7-5-17(6-8-18)25-15(2)27)10-11-24-13-21(29)16-4-9-20(28)19(12-16)22(23)30/h4-9,12,14,21,24,28-29H,10-11,13H2,1-3H3,(H2,23,30)(H,25,27). The molecule has 2 atom stereocenters. The summed E-state index contributed by atoms with van der Waals surface area (Å²) < 4.78 is 0. The van der Waals surface area contributed by atoms with Crippen molar-refractivity contribution in [2.75, 3.05) is 30.4 Å². The number of anilines is 2. The summed E-state index contributed by atoms with van der Waals surface area (Å²) in [6.45, 7) is 4.58. The first-order valence-electron chi connectivity index (χ1n) is 9.81. The van der Waals surface area contributed by atoms with E-state index in [9.17, 15) is 19.8 Å². The minimum atomic E-state index is -0.821. The maximum Gasteiger partial charge on any atom is 0.252 e. The average molecular weight is 415 g/mol. The van der Waals surface area contributed by atoms with E-state index >= 15 is 0 Å². The summed E-state index contributed by atoms with van der Waals surface area (Å²) >= 11 is 0. The summed E-state index contributed by atoms with van der Waals surface area (Å²) in [4.78, 5) is 24.6. The van der Waals surface area contributed by atoms with Gasteiger partial charge in [0.25, 0.3) is 5.91 Å². The first kappa shape index (κ1) is 23.2. The number of aliphatic hydroxyl groups excluding tert-OH is 1. The lowest BCUT2D eigenvalue weighted by Gasteiger charge is -2.27. The van der Waals surface area contributed by atoms with E-state index in [0.717, 1.165) is 17.8 Å². The molecule has 2 aromatic rings. The fourth-order valence-electron chi connectivity index (χ4n) is 3.06. The molecule has 0 heterocycles. The zero-order valence-corrected chi connectivity index (χ0v) is 17.6. The van der Waals surface area contributed by atoms with Gasteiger partial charge in [0.15, 0.2) is 0 Å². The van der Waals surface area contributed by atoms with Gasteiger partial charge in [0, 0.05) is 37.9 Å². The Balaban J connectivity index is 1.81. The number of primary amides is 1. The van der Waals surface area contributed by atoms with Gasteiger partial charge in [-0.3, -0.25) is 9.59 Å². The van der Waals surface area contributed by atoms with Crippen molar-refractivity contribution in [3.05, 3.63) is 53.6 Å². The van der Waals surface area contributed by atoms with Gasteiger partial charge in [0.1, 0.15) is 5.75 Å². The molecule has 0 spiro atoms. The zero-order chi connectivity index (χ0) is 22.3. The van der Waals surface area contributed by atoms with Gasteiger partial charge < -0.3 is 31.5 Å². The summed E-state index contributed by atoms with van der Waals surface area (Å²) in [7, 11) is 2.01. The largest absolute Gasteiger partial charge is 0.507 e. The maximum absolute atomic E-state index is 11.3. The molecule has 0 radical (unpaired) electrons. The second-order valence-electron chi connectivity index (χ2n) is 7.34. The summed E-state index contributed by atoms with van der Waals surface area (Å²) in [5.41, 5.74) is 7.53. The Kier molecular flexibility index (Phi) is 8.20. The van der Waals surface area contributed by atoms with Crippen LogP contribution in [0.1, 0.15) is 42.3 Å². The highest BCUT2D eigenvalue weighted by Crippen LogP contribution is 2.22. The Bertz CT molecular complexity index is 870. The number of nitrogens with two attached hydrogens (primary N) is 1. The first-order valence-corrected chi connectivity index (χ1v) is 9.81. The van der Waals surface area contributed by atoms with E-state index in [1.807, 2.05) is 31.3 Å². The van der Waals surface area contributed by atoms with Crippen molar-refractivity contribution in [2.45, 2.75) is 32.4 Å².